The number of hydrogen-bond acceptors (Lipinski definition) is 27. The van der Waals surface area contributed by atoms with E-state index in [1.807, 2.05) is 0 Å². The van der Waals surface area contributed by atoms with Crippen molar-refractivity contribution in [2.75, 3.05) is 0 Å². The molecule has 40 heteroatoms. The minimum absolute atomic E-state index is 0. The topological polar surface area (TPSA) is 596 Å². The van der Waals surface area contributed by atoms with Crippen LogP contribution < -0.4 is 0 Å². The molecule has 0 spiro atoms. The van der Waals surface area contributed by atoms with Crippen molar-refractivity contribution < 1.29 is 99.1 Å². The van der Waals surface area contributed by atoms with E-state index in [2.05, 4.69) is 0 Å². The van der Waals surface area contributed by atoms with Crippen LogP contribution in [0.4, 0.5) is 0 Å². The van der Waals surface area contributed by atoms with E-state index >= 15 is 0 Å². The van der Waals surface area contributed by atoms with Crippen LogP contribution in [0.3, 0.4) is 0 Å². The fraction of sp³-hybridized carbons (Fsp3) is 0. The molecular weight excluding hydrogens is 773 g/mol. The molecule has 0 aliphatic carbocycles. The number of hydrogen-bond donors (Lipinski definition) is 0. The average Bonchev–Trinajstić information content (AvgIpc) is 2.39. The molecule has 0 aromatic carbocycles. The Morgan fingerprint density at radius 3 is 0.250 bits per heavy atom. The van der Waals surface area contributed by atoms with E-state index in [9.17, 15) is 0 Å². The standard InChI is InChI=1S/Al.Co.Cu.9NO3.Zn/c;;;9*2-1(3)4;/q;2*+2;9*-1;+2. The quantitative estimate of drug-likeness (QED) is 0.139. The fourth-order valence-electron chi connectivity index (χ4n) is 0. The normalized spacial score (nSPS) is 5.40. The summed E-state index contributed by atoms with van der Waals surface area (Å²) in [5, 5.41) is 133. The Balaban J connectivity index is -0.0000000184. The van der Waals surface area contributed by atoms with Crippen molar-refractivity contribution in [3.05, 3.63) is 138 Å². The van der Waals surface area contributed by atoms with Crippen LogP contribution in [0.25, 0.3) is 0 Å². The molecule has 0 aromatic heterocycles. The van der Waals surface area contributed by atoms with Gasteiger partial charge in [0.05, 0.1) is 45.8 Å². The molecule has 40 heavy (non-hydrogen) atoms. The van der Waals surface area contributed by atoms with Crippen LogP contribution in [0, 0.1) is 138 Å². The molecule has 235 valence electrons. The van der Waals surface area contributed by atoms with Gasteiger partial charge in [0.25, 0.3) is 0 Å². The zero-order chi connectivity index (χ0) is 32.2. The van der Waals surface area contributed by atoms with Crippen molar-refractivity contribution in [3.63, 3.8) is 0 Å². The van der Waals surface area contributed by atoms with Crippen molar-refractivity contribution in [1.82, 2.24) is 0 Å². The van der Waals surface area contributed by atoms with Crippen molar-refractivity contribution >= 4 is 17.4 Å². The van der Waals surface area contributed by atoms with Gasteiger partial charge < -0.3 is 138 Å². The van der Waals surface area contributed by atoms with Crippen molar-refractivity contribution in [2.45, 2.75) is 0 Å². The zero-order valence-corrected chi connectivity index (χ0v) is 23.1. The average molecular weight is 773 g/mol. The van der Waals surface area contributed by atoms with Crippen LogP contribution in [0.5, 0.6) is 0 Å². The monoisotopic (exact) mass is 771 g/mol. The van der Waals surface area contributed by atoms with Gasteiger partial charge in [-0.3, -0.25) is 0 Å². The third-order valence-electron chi connectivity index (χ3n) is 0. The molecular formula is AlCoCuN9O27Zn-3. The van der Waals surface area contributed by atoms with Gasteiger partial charge in [-0.05, 0) is 0 Å². The molecule has 0 aromatic rings. The van der Waals surface area contributed by atoms with E-state index in [0.717, 1.165) is 0 Å². The SMILES string of the molecule is O=[N+]([O-])[O-].O=[N+]([O-])[O-].O=[N+]([O-])[O-].O=[N+]([O-])[O-].O=[N+]([O-])[O-].O=[N+]([O-])[O-].O=[N+]([O-])[O-].O=[N+]([O-])[O-].O=[N+]([O-])[O-].[Al].[Co+2].[Cu+2].[Zn+2]. The van der Waals surface area contributed by atoms with Crippen molar-refractivity contribution in [2.24, 2.45) is 0 Å². The van der Waals surface area contributed by atoms with E-state index < -0.39 is 45.8 Å². The van der Waals surface area contributed by atoms with Gasteiger partial charge in [0, 0.05) is 17.4 Å². The summed E-state index contributed by atoms with van der Waals surface area (Å²) in [6, 6.07) is 0. The Bertz CT molecular complexity index is 434. The van der Waals surface area contributed by atoms with E-state index in [0.29, 0.717) is 0 Å². The summed E-state index contributed by atoms with van der Waals surface area (Å²) in [6.07, 6.45) is 0. The van der Waals surface area contributed by atoms with Crippen molar-refractivity contribution in [1.29, 1.82) is 0 Å². The Labute approximate surface area is 254 Å². The first-order chi connectivity index (χ1) is 15.6. The summed E-state index contributed by atoms with van der Waals surface area (Å²) >= 11 is 0. The molecule has 0 bridgehead atoms. The molecule has 0 amide bonds. The van der Waals surface area contributed by atoms with E-state index in [1.165, 1.54) is 0 Å². The molecule has 0 N–H and O–H groups in total. The maximum absolute atomic E-state index is 8.25. The molecule has 0 saturated carbocycles. The molecule has 0 heterocycles. The molecule has 0 aliphatic heterocycles. The second kappa shape index (κ2) is 76.5. The predicted octanol–water partition coefficient (Wildman–Crippen LogP) is -2.54. The Kier molecular flexibility index (Phi) is 160. The third kappa shape index (κ3) is 1340. The van der Waals surface area contributed by atoms with Crippen LogP contribution in [0.2, 0.25) is 0 Å². The minimum Gasteiger partial charge on any atom is -0.356 e. The summed E-state index contributed by atoms with van der Waals surface area (Å²) in [5.41, 5.74) is 0. The smallest absolute Gasteiger partial charge is 0.356 e. The minimum atomic E-state index is -1.75. The summed E-state index contributed by atoms with van der Waals surface area (Å²) in [4.78, 5) is 74.2. The van der Waals surface area contributed by atoms with Crippen LogP contribution in [0.1, 0.15) is 0 Å². The van der Waals surface area contributed by atoms with Crippen LogP contribution >= 0.6 is 0 Å². The maximum atomic E-state index is 8.25. The van der Waals surface area contributed by atoms with E-state index in [1.54, 1.807) is 0 Å². The Morgan fingerprint density at radius 1 is 0.250 bits per heavy atom. The molecule has 0 saturated heterocycles. The first-order valence-electron chi connectivity index (χ1n) is 4.93. The first kappa shape index (κ1) is 83.6. The second-order valence-corrected chi connectivity index (χ2v) is 2.01. The van der Waals surface area contributed by atoms with Gasteiger partial charge in [-0.15, -0.1) is 0 Å². The fourth-order valence-corrected chi connectivity index (χ4v) is 0. The summed E-state index contributed by atoms with van der Waals surface area (Å²) in [6.45, 7) is 0. The second-order valence-electron chi connectivity index (χ2n) is 2.01. The maximum Gasteiger partial charge on any atom is 2.00 e. The van der Waals surface area contributed by atoms with E-state index in [4.69, 9.17) is 138 Å². The molecule has 0 atom stereocenters. The van der Waals surface area contributed by atoms with Gasteiger partial charge in [-0.1, -0.05) is 0 Å². The Hall–Kier alpha value is -5.02. The van der Waals surface area contributed by atoms with E-state index in [-0.39, 0.29) is 70.7 Å². The first-order valence-corrected chi connectivity index (χ1v) is 4.93. The van der Waals surface area contributed by atoms with Crippen LogP contribution in [-0.4, -0.2) is 63.1 Å². The van der Waals surface area contributed by atoms with Gasteiger partial charge in [0.2, 0.25) is 0 Å². The summed E-state index contributed by atoms with van der Waals surface area (Å²) in [5.74, 6) is 0. The van der Waals surface area contributed by atoms with Gasteiger partial charge in [0.15, 0.2) is 0 Å². The molecule has 5 radical (unpaired) electrons. The molecule has 0 rings (SSSR count). The van der Waals surface area contributed by atoms with Crippen LogP contribution in [-0.2, 0) is 53.3 Å². The zero-order valence-electron chi connectivity index (χ0n) is 17.0. The van der Waals surface area contributed by atoms with Crippen molar-refractivity contribution in [3.8, 4) is 0 Å². The molecule has 0 unspecified atom stereocenters. The Morgan fingerprint density at radius 2 is 0.250 bits per heavy atom. The molecule has 36 nitrogen and oxygen atoms in total. The number of rotatable bonds is 0. The van der Waals surface area contributed by atoms with Gasteiger partial charge in [-0.2, -0.15) is 0 Å². The number of nitrogens with zero attached hydrogens (tertiary/aromatic N) is 9. The molecule has 0 aliphatic rings. The largest absolute Gasteiger partial charge is 2.00 e. The van der Waals surface area contributed by atoms with Crippen LogP contribution in [0.15, 0.2) is 0 Å². The third-order valence-corrected chi connectivity index (χ3v) is 0. The van der Waals surface area contributed by atoms with Gasteiger partial charge in [0.1, 0.15) is 0 Å². The summed E-state index contributed by atoms with van der Waals surface area (Å²) in [7, 11) is 0. The van der Waals surface area contributed by atoms with Gasteiger partial charge in [-0.25, -0.2) is 0 Å². The summed E-state index contributed by atoms with van der Waals surface area (Å²) < 4.78 is 0. The predicted molar refractivity (Wildman–Crippen MR) is 99.0 cm³/mol. The van der Waals surface area contributed by atoms with Gasteiger partial charge >= 0.3 is 53.3 Å². The molecule has 0 fully saturated rings.